The van der Waals surface area contributed by atoms with Crippen LogP contribution in [0.4, 0.5) is 4.39 Å². The topological polar surface area (TPSA) is 44.7 Å². The molecule has 2 fully saturated rings. The van der Waals surface area contributed by atoms with E-state index in [1.807, 2.05) is 0 Å². The molecule has 0 unspecified atom stereocenters. The Morgan fingerprint density at radius 3 is 3.16 bits per heavy atom. The summed E-state index contributed by atoms with van der Waals surface area (Å²) in [5.41, 5.74) is 0.496. The number of halogens is 2. The minimum absolute atomic E-state index is 0.00282. The molecule has 2 saturated heterocycles. The first-order valence-electron chi connectivity index (χ1n) is 6.35. The fourth-order valence-electron chi connectivity index (χ4n) is 2.64. The second kappa shape index (κ2) is 5.00. The van der Waals surface area contributed by atoms with E-state index in [1.165, 1.54) is 18.2 Å². The number of hydrogen-bond acceptors (Lipinski definition) is 4. The van der Waals surface area contributed by atoms with Gasteiger partial charge in [0.25, 0.3) is 0 Å². The lowest BCUT2D eigenvalue weighted by molar-refractivity contribution is -0.262. The van der Waals surface area contributed by atoms with Crippen LogP contribution in [0.2, 0.25) is 5.02 Å². The predicted octanol–water partition coefficient (Wildman–Crippen LogP) is 0.928. The Kier molecular flexibility index (Phi) is 3.49. The maximum atomic E-state index is 13.2. The molecule has 0 saturated carbocycles. The number of nitrogens with one attached hydrogen (secondary N) is 1. The van der Waals surface area contributed by atoms with Crippen molar-refractivity contribution >= 4 is 11.6 Å². The lowest BCUT2D eigenvalue weighted by atomic mass is 10.0. The van der Waals surface area contributed by atoms with Gasteiger partial charge in [-0.1, -0.05) is 17.7 Å². The van der Waals surface area contributed by atoms with Crippen LogP contribution in [0, 0.1) is 5.82 Å². The first kappa shape index (κ1) is 13.3. The van der Waals surface area contributed by atoms with E-state index in [4.69, 9.17) is 16.3 Å². The summed E-state index contributed by atoms with van der Waals surface area (Å²) in [6.07, 6.45) is 0. The van der Waals surface area contributed by atoms with Crippen molar-refractivity contribution in [1.29, 1.82) is 0 Å². The van der Waals surface area contributed by atoms with Crippen molar-refractivity contribution in [3.05, 3.63) is 34.6 Å². The van der Waals surface area contributed by atoms with E-state index in [0.29, 0.717) is 18.7 Å². The third kappa shape index (κ3) is 2.49. The third-order valence-electron chi connectivity index (χ3n) is 3.77. The van der Waals surface area contributed by atoms with Gasteiger partial charge in [0.1, 0.15) is 5.82 Å². The van der Waals surface area contributed by atoms with Gasteiger partial charge >= 0.3 is 0 Å². The summed E-state index contributed by atoms with van der Waals surface area (Å²) in [6, 6.07) is 4.48. The molecule has 0 aliphatic carbocycles. The van der Waals surface area contributed by atoms with Gasteiger partial charge in [-0.3, -0.25) is 4.90 Å². The Balaban J connectivity index is 1.84. The summed E-state index contributed by atoms with van der Waals surface area (Å²) in [5, 5.41) is 13.9. The average molecular weight is 287 g/mol. The van der Waals surface area contributed by atoms with Crippen molar-refractivity contribution < 1.29 is 14.2 Å². The van der Waals surface area contributed by atoms with Crippen LogP contribution in [0.1, 0.15) is 5.56 Å². The number of fused-ring (bicyclic) bond motifs is 1. The van der Waals surface area contributed by atoms with Crippen LogP contribution in [0.25, 0.3) is 0 Å². The number of rotatable bonds is 1. The minimum atomic E-state index is -1.41. The molecular weight excluding hydrogens is 271 g/mol. The normalized spacial score (nSPS) is 32.1. The molecular formula is C13H16ClFN2O2. The summed E-state index contributed by atoms with van der Waals surface area (Å²) in [5.74, 6) is -1.91. The molecule has 2 N–H and O–H groups in total. The molecule has 2 heterocycles. The lowest BCUT2D eigenvalue weighted by Crippen LogP contribution is -2.62. The minimum Gasteiger partial charge on any atom is -0.361 e. The van der Waals surface area contributed by atoms with Gasteiger partial charge in [-0.05, 0) is 12.1 Å². The fourth-order valence-corrected chi connectivity index (χ4v) is 2.82. The second-order valence-electron chi connectivity index (χ2n) is 5.05. The van der Waals surface area contributed by atoms with Crippen molar-refractivity contribution in [2.75, 3.05) is 32.8 Å². The monoisotopic (exact) mass is 286 g/mol. The maximum Gasteiger partial charge on any atom is 0.205 e. The van der Waals surface area contributed by atoms with Crippen LogP contribution in [-0.4, -0.2) is 48.8 Å². The number of benzene rings is 1. The van der Waals surface area contributed by atoms with E-state index < -0.39 is 11.6 Å². The van der Waals surface area contributed by atoms with Crippen LogP contribution in [-0.2, 0) is 10.5 Å². The Hall–Kier alpha value is -0.720. The molecule has 0 amide bonds. The third-order valence-corrected chi connectivity index (χ3v) is 4.06. The van der Waals surface area contributed by atoms with Gasteiger partial charge in [0.2, 0.25) is 5.79 Å². The number of aliphatic hydroxyl groups is 1. The molecule has 0 bridgehead atoms. The zero-order chi connectivity index (χ0) is 13.5. The fraction of sp³-hybridized carbons (Fsp3) is 0.538. The Labute approximate surface area is 116 Å². The highest BCUT2D eigenvalue weighted by molar-refractivity contribution is 6.30. The highest BCUT2D eigenvalue weighted by Gasteiger charge is 2.41. The summed E-state index contributed by atoms with van der Waals surface area (Å²) in [6.45, 7) is 3.45. The molecule has 19 heavy (non-hydrogen) atoms. The van der Waals surface area contributed by atoms with E-state index in [0.717, 1.165) is 19.6 Å². The highest BCUT2D eigenvalue weighted by atomic mass is 35.5. The highest BCUT2D eigenvalue weighted by Crippen LogP contribution is 2.31. The number of hydrogen-bond donors (Lipinski definition) is 2. The lowest BCUT2D eigenvalue weighted by Gasteiger charge is -2.46. The van der Waals surface area contributed by atoms with Gasteiger partial charge in [0.15, 0.2) is 0 Å². The maximum absolute atomic E-state index is 13.2. The zero-order valence-electron chi connectivity index (χ0n) is 10.4. The molecule has 1 aromatic carbocycles. The Bertz CT molecular complexity index is 488. The zero-order valence-corrected chi connectivity index (χ0v) is 11.2. The van der Waals surface area contributed by atoms with Gasteiger partial charge in [-0.2, -0.15) is 0 Å². The largest absolute Gasteiger partial charge is 0.361 e. The molecule has 4 nitrogen and oxygen atoms in total. The van der Waals surface area contributed by atoms with Gasteiger partial charge in [-0.25, -0.2) is 4.39 Å². The smallest absolute Gasteiger partial charge is 0.205 e. The molecule has 3 rings (SSSR count). The number of piperazine rings is 1. The van der Waals surface area contributed by atoms with Gasteiger partial charge in [0.05, 0.1) is 18.2 Å². The van der Waals surface area contributed by atoms with E-state index in [2.05, 4.69) is 10.2 Å². The number of nitrogens with zero attached hydrogens (tertiary/aromatic N) is 1. The van der Waals surface area contributed by atoms with Crippen molar-refractivity contribution in [3.63, 3.8) is 0 Å². The van der Waals surface area contributed by atoms with E-state index in [1.54, 1.807) is 0 Å². The Morgan fingerprint density at radius 2 is 2.37 bits per heavy atom. The summed E-state index contributed by atoms with van der Waals surface area (Å²) in [7, 11) is 0. The van der Waals surface area contributed by atoms with Crippen molar-refractivity contribution in [1.82, 2.24) is 10.2 Å². The standard InChI is InChI=1S/C13H16ClFN2O2/c14-11-5-9(1-2-12(11)15)13(18)8-17-4-3-16-6-10(17)7-19-13/h1-2,5,10,16,18H,3-4,6-8H2/t10-,13-/m0/s1. The first-order chi connectivity index (χ1) is 9.08. The van der Waals surface area contributed by atoms with E-state index >= 15 is 0 Å². The summed E-state index contributed by atoms with van der Waals surface area (Å²) >= 11 is 5.77. The van der Waals surface area contributed by atoms with Crippen molar-refractivity contribution in [2.45, 2.75) is 11.8 Å². The Morgan fingerprint density at radius 1 is 1.53 bits per heavy atom. The van der Waals surface area contributed by atoms with Gasteiger partial charge < -0.3 is 15.2 Å². The molecule has 2 aliphatic rings. The van der Waals surface area contributed by atoms with Gasteiger partial charge in [-0.15, -0.1) is 0 Å². The van der Waals surface area contributed by atoms with Gasteiger partial charge in [0, 0.05) is 31.2 Å². The van der Waals surface area contributed by atoms with Crippen molar-refractivity contribution in [3.8, 4) is 0 Å². The number of ether oxygens (including phenoxy) is 1. The number of morpholine rings is 1. The molecule has 0 aromatic heterocycles. The van der Waals surface area contributed by atoms with E-state index in [9.17, 15) is 9.50 Å². The van der Waals surface area contributed by atoms with Crippen LogP contribution >= 0.6 is 11.6 Å². The van der Waals surface area contributed by atoms with Crippen LogP contribution in [0.5, 0.6) is 0 Å². The SMILES string of the molecule is O[C@@]1(c2ccc(F)c(Cl)c2)CN2CCNC[C@H]2CO1. The molecule has 0 radical (unpaired) electrons. The summed E-state index contributed by atoms with van der Waals surface area (Å²) < 4.78 is 18.8. The second-order valence-corrected chi connectivity index (χ2v) is 5.46. The van der Waals surface area contributed by atoms with E-state index in [-0.39, 0.29) is 11.1 Å². The molecule has 104 valence electrons. The van der Waals surface area contributed by atoms with Crippen molar-refractivity contribution in [2.24, 2.45) is 0 Å². The quantitative estimate of drug-likeness (QED) is 0.806. The molecule has 0 spiro atoms. The van der Waals surface area contributed by atoms with Crippen LogP contribution in [0.15, 0.2) is 18.2 Å². The molecule has 1 aromatic rings. The van der Waals surface area contributed by atoms with Crippen LogP contribution in [0.3, 0.4) is 0 Å². The first-order valence-corrected chi connectivity index (χ1v) is 6.73. The molecule has 2 atom stereocenters. The molecule has 6 heteroatoms. The summed E-state index contributed by atoms with van der Waals surface area (Å²) in [4.78, 5) is 2.19. The average Bonchev–Trinajstić information content (AvgIpc) is 2.41. The molecule has 2 aliphatic heterocycles. The predicted molar refractivity (Wildman–Crippen MR) is 69.5 cm³/mol. The van der Waals surface area contributed by atoms with Crippen LogP contribution < -0.4 is 5.32 Å².